The van der Waals surface area contributed by atoms with Gasteiger partial charge in [-0.05, 0) is 66.1 Å². The van der Waals surface area contributed by atoms with E-state index in [0.29, 0.717) is 21.8 Å². The van der Waals surface area contributed by atoms with Gasteiger partial charge in [-0.3, -0.25) is 0 Å². The Morgan fingerprint density at radius 1 is 1.00 bits per heavy atom. The highest BCUT2D eigenvalue weighted by molar-refractivity contribution is 7.99. The lowest BCUT2D eigenvalue weighted by Crippen LogP contribution is -2.44. The Kier molecular flexibility index (Phi) is 8.71. The van der Waals surface area contributed by atoms with Crippen molar-refractivity contribution in [3.05, 3.63) is 108 Å². The summed E-state index contributed by atoms with van der Waals surface area (Å²) in [6.07, 6.45) is 11.7. The minimum absolute atomic E-state index is 0. The van der Waals surface area contributed by atoms with Gasteiger partial charge in [-0.15, -0.1) is 12.4 Å². The first kappa shape index (κ1) is 32.3. The zero-order valence-electron chi connectivity index (χ0n) is 26.0. The number of aryl methyl sites for hydroxylation is 1. The van der Waals surface area contributed by atoms with Crippen LogP contribution in [0.2, 0.25) is 5.02 Å². The van der Waals surface area contributed by atoms with E-state index in [1.807, 2.05) is 37.4 Å². The number of halogens is 3. The molecular weight excluding hydrogens is 668 g/mol. The fourth-order valence-electron chi connectivity index (χ4n) is 6.97. The van der Waals surface area contributed by atoms with Crippen molar-refractivity contribution in [2.75, 3.05) is 23.3 Å². The summed E-state index contributed by atoms with van der Waals surface area (Å²) in [7, 11) is 2.02. The number of fused-ring (bicyclic) bond motifs is 2. The van der Waals surface area contributed by atoms with Gasteiger partial charge in [0, 0.05) is 66.1 Å². The summed E-state index contributed by atoms with van der Waals surface area (Å²) in [6.45, 7) is 1.64. The van der Waals surface area contributed by atoms with E-state index in [9.17, 15) is 4.39 Å². The second kappa shape index (κ2) is 13.0. The third-order valence-electron chi connectivity index (χ3n) is 9.47. The molecule has 1 spiro atoms. The molecule has 0 saturated carbocycles. The predicted molar refractivity (Wildman–Crippen MR) is 191 cm³/mol. The molecule has 2 aromatic carbocycles. The molecule has 0 radical (unpaired) electrons. The van der Waals surface area contributed by atoms with E-state index in [1.165, 1.54) is 17.8 Å². The van der Waals surface area contributed by atoms with Crippen molar-refractivity contribution >= 4 is 64.3 Å². The molecule has 3 N–H and O–H groups in total. The van der Waals surface area contributed by atoms with Crippen molar-refractivity contribution in [1.82, 2.24) is 29.5 Å². The van der Waals surface area contributed by atoms with Gasteiger partial charge in [-0.25, -0.2) is 29.3 Å². The average molecular weight is 701 g/mol. The number of nitrogens with two attached hydrogens (primary N) is 1. The van der Waals surface area contributed by atoms with Crippen LogP contribution in [0.5, 0.6) is 0 Å². The summed E-state index contributed by atoms with van der Waals surface area (Å²) >= 11 is 8.23. The first-order valence-electron chi connectivity index (χ1n) is 15.4. The monoisotopic (exact) mass is 699 g/mol. The van der Waals surface area contributed by atoms with Crippen LogP contribution >= 0.6 is 35.8 Å². The van der Waals surface area contributed by atoms with Crippen molar-refractivity contribution in [1.29, 1.82) is 0 Å². The minimum Gasteiger partial charge on any atom is -0.355 e. The summed E-state index contributed by atoms with van der Waals surface area (Å²) < 4.78 is 15.9. The Bertz CT molecular complexity index is 2120. The molecule has 1 aliphatic heterocycles. The van der Waals surface area contributed by atoms with Crippen LogP contribution in [0.3, 0.4) is 0 Å². The number of hydrogen-bond acceptors (Lipinski definition) is 9. The number of piperidine rings is 1. The van der Waals surface area contributed by atoms with Crippen LogP contribution in [0, 0.1) is 11.2 Å². The molecule has 2 aliphatic rings. The SMILES string of the molecule is Cl.Cn1cc(-c2ccnc(Nc3nccc(Sc4cnc(N5CCC6(CC5)Cc5cc(F)ccc5[C@H]6N)cn4)c3Cl)n2)c2ccccc21. The molecule has 1 fully saturated rings. The molecular formula is C35H32Cl2FN9S. The van der Waals surface area contributed by atoms with Gasteiger partial charge in [0.05, 0.1) is 23.1 Å². The molecule has 1 atom stereocenters. The van der Waals surface area contributed by atoms with Crippen molar-refractivity contribution in [3.8, 4) is 11.3 Å². The third kappa shape index (κ3) is 5.85. The Labute approximate surface area is 292 Å². The van der Waals surface area contributed by atoms with Crippen molar-refractivity contribution in [2.24, 2.45) is 18.2 Å². The Hall–Kier alpha value is -4.29. The lowest BCUT2D eigenvalue weighted by molar-refractivity contribution is 0.187. The topological polar surface area (TPSA) is 111 Å². The molecule has 0 unspecified atom stereocenters. The minimum atomic E-state index is -0.198. The number of aromatic nitrogens is 6. The Balaban J connectivity index is 0.00000364. The van der Waals surface area contributed by atoms with Crippen molar-refractivity contribution < 1.29 is 4.39 Å². The molecule has 8 rings (SSSR count). The molecule has 9 nitrogen and oxygen atoms in total. The highest BCUT2D eigenvalue weighted by atomic mass is 35.5. The average Bonchev–Trinajstić information content (AvgIpc) is 3.56. The van der Waals surface area contributed by atoms with E-state index in [-0.39, 0.29) is 29.7 Å². The van der Waals surface area contributed by atoms with Crippen LogP contribution in [-0.2, 0) is 13.5 Å². The van der Waals surface area contributed by atoms with Crippen molar-refractivity contribution in [3.63, 3.8) is 0 Å². The number of benzene rings is 2. The molecule has 4 aromatic heterocycles. The van der Waals surface area contributed by atoms with Crippen molar-refractivity contribution in [2.45, 2.75) is 35.2 Å². The summed E-state index contributed by atoms with van der Waals surface area (Å²) in [4.78, 5) is 26.1. The van der Waals surface area contributed by atoms with E-state index in [2.05, 4.69) is 48.1 Å². The fourth-order valence-corrected chi connectivity index (χ4v) is 8.00. The number of pyridine rings is 1. The maximum atomic E-state index is 13.9. The number of nitrogens with one attached hydrogen (secondary N) is 1. The molecule has 6 aromatic rings. The van der Waals surface area contributed by atoms with Gasteiger partial charge in [0.2, 0.25) is 5.95 Å². The highest BCUT2D eigenvalue weighted by Crippen LogP contribution is 2.51. The van der Waals surface area contributed by atoms with Crippen LogP contribution in [0.25, 0.3) is 22.2 Å². The number of hydrogen-bond donors (Lipinski definition) is 2. The van der Waals surface area contributed by atoms with E-state index in [1.54, 1.807) is 30.9 Å². The Morgan fingerprint density at radius 2 is 1.81 bits per heavy atom. The second-order valence-electron chi connectivity index (χ2n) is 12.2. The quantitative estimate of drug-likeness (QED) is 0.180. The van der Waals surface area contributed by atoms with Gasteiger partial charge < -0.3 is 20.5 Å². The Morgan fingerprint density at radius 3 is 2.62 bits per heavy atom. The maximum absolute atomic E-state index is 13.9. The standard InChI is InChI=1S/C35H31ClFN9S.ClH/c1-45-20-25(24-4-2-3-5-27(24)45)26-8-12-40-34(43-26)44-33-31(36)28(9-13-39-33)47-30-19-41-29(18-42-30)46-14-10-35(11-15-46)17-21-16-22(37)6-7-23(21)32(35)38;/h2-9,12-13,16,18-20,32H,10-11,14-15,17,38H2,1H3,(H,39,40,43,44);1H/t32-;/m1./s1. The van der Waals surface area contributed by atoms with E-state index < -0.39 is 0 Å². The third-order valence-corrected chi connectivity index (χ3v) is 10.9. The maximum Gasteiger partial charge on any atom is 0.228 e. The molecule has 5 heterocycles. The van der Waals surface area contributed by atoms with E-state index >= 15 is 0 Å². The molecule has 48 heavy (non-hydrogen) atoms. The van der Waals surface area contributed by atoms with Crippen LogP contribution < -0.4 is 16.0 Å². The molecule has 1 saturated heterocycles. The van der Waals surface area contributed by atoms with Gasteiger partial charge in [-0.1, -0.05) is 47.6 Å². The lowest BCUT2D eigenvalue weighted by Gasteiger charge is -2.42. The van der Waals surface area contributed by atoms with Gasteiger partial charge in [-0.2, -0.15) is 0 Å². The van der Waals surface area contributed by atoms with Crippen LogP contribution in [0.4, 0.5) is 22.0 Å². The molecule has 0 amide bonds. The van der Waals surface area contributed by atoms with Gasteiger partial charge in [0.15, 0.2) is 5.82 Å². The summed E-state index contributed by atoms with van der Waals surface area (Å²) in [5.74, 6) is 1.48. The number of para-hydroxylation sites is 1. The number of anilines is 3. The summed E-state index contributed by atoms with van der Waals surface area (Å²) in [5.41, 5.74) is 11.7. The first-order valence-corrected chi connectivity index (χ1v) is 16.6. The highest BCUT2D eigenvalue weighted by Gasteiger charge is 2.46. The molecule has 244 valence electrons. The summed E-state index contributed by atoms with van der Waals surface area (Å²) in [5, 5.41) is 5.47. The van der Waals surface area contributed by atoms with Gasteiger partial charge in [0.25, 0.3) is 0 Å². The summed E-state index contributed by atoms with van der Waals surface area (Å²) in [6, 6.07) is 16.9. The largest absolute Gasteiger partial charge is 0.355 e. The molecule has 13 heteroatoms. The van der Waals surface area contributed by atoms with E-state index in [4.69, 9.17) is 27.3 Å². The van der Waals surface area contributed by atoms with Gasteiger partial charge >= 0.3 is 0 Å². The molecule has 0 bridgehead atoms. The number of rotatable bonds is 6. The van der Waals surface area contributed by atoms with Crippen LogP contribution in [0.15, 0.2) is 95.5 Å². The second-order valence-corrected chi connectivity index (χ2v) is 13.6. The van der Waals surface area contributed by atoms with E-state index in [0.717, 1.165) is 76.4 Å². The lowest BCUT2D eigenvalue weighted by atomic mass is 9.73. The normalized spacial score (nSPS) is 16.6. The fraction of sp³-hybridized carbons (Fsp3) is 0.229. The van der Waals surface area contributed by atoms with Crippen LogP contribution in [0.1, 0.15) is 30.0 Å². The van der Waals surface area contributed by atoms with Crippen LogP contribution in [-0.4, -0.2) is 42.6 Å². The smallest absolute Gasteiger partial charge is 0.228 e. The zero-order valence-corrected chi connectivity index (χ0v) is 28.4. The molecule has 1 aliphatic carbocycles. The number of nitrogens with zero attached hydrogens (tertiary/aromatic N) is 7. The van der Waals surface area contributed by atoms with Gasteiger partial charge in [0.1, 0.15) is 16.7 Å². The first-order chi connectivity index (χ1) is 22.9. The zero-order chi connectivity index (χ0) is 32.1. The predicted octanol–water partition coefficient (Wildman–Crippen LogP) is 7.77.